The van der Waals surface area contributed by atoms with Gasteiger partial charge in [0.15, 0.2) is 0 Å². The first-order valence-electron chi connectivity index (χ1n) is 8.60. The van der Waals surface area contributed by atoms with Crippen LogP contribution in [-0.4, -0.2) is 51.3 Å². The van der Waals surface area contributed by atoms with Crippen molar-refractivity contribution in [2.75, 3.05) is 13.1 Å². The third-order valence-electron chi connectivity index (χ3n) is 4.77. The van der Waals surface area contributed by atoms with Gasteiger partial charge in [-0.05, 0) is 38.2 Å². The maximum Gasteiger partial charge on any atom is 0.490 e. The second kappa shape index (κ2) is 8.12. The molecule has 1 aromatic rings. The first-order valence-corrected chi connectivity index (χ1v) is 8.60. The molecular formula is C17H24F3N3O2. The van der Waals surface area contributed by atoms with Crippen LogP contribution in [0, 0.1) is 0 Å². The largest absolute Gasteiger partial charge is 0.490 e. The zero-order chi connectivity index (χ0) is 18.6. The number of aromatic nitrogens is 2. The van der Waals surface area contributed by atoms with E-state index >= 15 is 0 Å². The summed E-state index contributed by atoms with van der Waals surface area (Å²) >= 11 is 0. The quantitative estimate of drug-likeness (QED) is 0.898. The molecule has 25 heavy (non-hydrogen) atoms. The molecule has 1 aromatic heterocycles. The molecule has 1 fully saturated rings. The third kappa shape index (κ3) is 5.39. The average molecular weight is 359 g/mol. The molecule has 3 rings (SSSR count). The summed E-state index contributed by atoms with van der Waals surface area (Å²) in [5.41, 5.74) is 4.16. The summed E-state index contributed by atoms with van der Waals surface area (Å²) in [4.78, 5) is 20.6. The van der Waals surface area contributed by atoms with E-state index < -0.39 is 12.1 Å². The van der Waals surface area contributed by atoms with Crippen LogP contribution >= 0.6 is 0 Å². The minimum Gasteiger partial charge on any atom is -0.475 e. The maximum atomic E-state index is 10.6. The monoisotopic (exact) mass is 359 g/mol. The SMILES string of the molecule is CCC(C)N1CCc2ncnc(C3CC3)c2CC1.O=C(O)C(F)(F)F. The third-order valence-corrected chi connectivity index (χ3v) is 4.77. The highest BCUT2D eigenvalue weighted by Gasteiger charge is 2.38. The van der Waals surface area contributed by atoms with Gasteiger partial charge >= 0.3 is 12.1 Å². The van der Waals surface area contributed by atoms with E-state index in [4.69, 9.17) is 9.90 Å². The van der Waals surface area contributed by atoms with Crippen molar-refractivity contribution in [3.05, 3.63) is 23.3 Å². The van der Waals surface area contributed by atoms with E-state index in [1.165, 1.54) is 42.8 Å². The van der Waals surface area contributed by atoms with E-state index in [1.54, 1.807) is 6.33 Å². The van der Waals surface area contributed by atoms with Gasteiger partial charge in [-0.2, -0.15) is 13.2 Å². The Morgan fingerprint density at radius 1 is 1.32 bits per heavy atom. The van der Waals surface area contributed by atoms with Crippen LogP contribution in [0.1, 0.15) is 56.0 Å². The van der Waals surface area contributed by atoms with Gasteiger partial charge in [0, 0.05) is 37.2 Å². The molecule has 1 atom stereocenters. The minimum atomic E-state index is -5.08. The molecule has 140 valence electrons. The molecule has 0 bridgehead atoms. The molecule has 0 amide bonds. The fourth-order valence-electron chi connectivity index (χ4n) is 2.98. The van der Waals surface area contributed by atoms with Crippen molar-refractivity contribution in [3.8, 4) is 0 Å². The Kier molecular flexibility index (Phi) is 6.37. The van der Waals surface area contributed by atoms with E-state index in [9.17, 15) is 13.2 Å². The first-order chi connectivity index (χ1) is 11.7. The second-order valence-corrected chi connectivity index (χ2v) is 6.55. The molecule has 2 heterocycles. The number of fused-ring (bicyclic) bond motifs is 1. The maximum absolute atomic E-state index is 10.6. The number of carbonyl (C=O) groups is 1. The lowest BCUT2D eigenvalue weighted by molar-refractivity contribution is -0.192. The van der Waals surface area contributed by atoms with Crippen LogP contribution < -0.4 is 0 Å². The molecule has 2 aliphatic rings. The number of carboxylic acids is 1. The van der Waals surface area contributed by atoms with Crippen molar-refractivity contribution in [3.63, 3.8) is 0 Å². The predicted octanol–water partition coefficient (Wildman–Crippen LogP) is 3.19. The lowest BCUT2D eigenvalue weighted by Gasteiger charge is -2.26. The van der Waals surface area contributed by atoms with E-state index in [0.717, 1.165) is 25.3 Å². The van der Waals surface area contributed by atoms with Crippen LogP contribution in [0.15, 0.2) is 6.33 Å². The number of hydrogen-bond donors (Lipinski definition) is 1. The van der Waals surface area contributed by atoms with Gasteiger partial charge in [0.1, 0.15) is 6.33 Å². The smallest absolute Gasteiger partial charge is 0.475 e. The van der Waals surface area contributed by atoms with Gasteiger partial charge in [-0.25, -0.2) is 14.8 Å². The van der Waals surface area contributed by atoms with Gasteiger partial charge in [0.25, 0.3) is 0 Å². The molecule has 8 heteroatoms. The molecule has 1 unspecified atom stereocenters. The van der Waals surface area contributed by atoms with Crippen LogP contribution in [0.25, 0.3) is 0 Å². The summed E-state index contributed by atoms with van der Waals surface area (Å²) in [6, 6.07) is 0.691. The topological polar surface area (TPSA) is 66.3 Å². The van der Waals surface area contributed by atoms with E-state index in [1.807, 2.05) is 0 Å². The number of hydrogen-bond acceptors (Lipinski definition) is 4. The number of rotatable bonds is 3. The standard InChI is InChI=1S/C15H23N3.C2HF3O2/c1-3-11(2)18-8-6-13-14(7-9-18)16-10-17-15(13)12-4-5-12;3-2(4,5)1(6)7/h10-12H,3-9H2,1-2H3;(H,6,7). The Bertz CT molecular complexity index is 603. The highest BCUT2D eigenvalue weighted by Crippen LogP contribution is 2.41. The lowest BCUT2D eigenvalue weighted by Crippen LogP contribution is -2.34. The highest BCUT2D eigenvalue weighted by molar-refractivity contribution is 5.73. The van der Waals surface area contributed by atoms with Crippen molar-refractivity contribution < 1.29 is 23.1 Å². The summed E-state index contributed by atoms with van der Waals surface area (Å²) in [6.45, 7) is 6.94. The van der Waals surface area contributed by atoms with Gasteiger partial charge in [0.2, 0.25) is 0 Å². The van der Waals surface area contributed by atoms with Crippen molar-refractivity contribution in [1.82, 2.24) is 14.9 Å². The molecule has 0 aromatic carbocycles. The summed E-state index contributed by atoms with van der Waals surface area (Å²) in [7, 11) is 0. The predicted molar refractivity (Wildman–Crippen MR) is 86.4 cm³/mol. The van der Waals surface area contributed by atoms with Crippen molar-refractivity contribution in [2.24, 2.45) is 0 Å². The number of nitrogens with zero attached hydrogens (tertiary/aromatic N) is 3. The highest BCUT2D eigenvalue weighted by atomic mass is 19.4. The fourth-order valence-corrected chi connectivity index (χ4v) is 2.98. The van der Waals surface area contributed by atoms with Crippen molar-refractivity contribution in [2.45, 2.75) is 64.1 Å². The van der Waals surface area contributed by atoms with E-state index in [0.29, 0.717) is 6.04 Å². The average Bonchev–Trinajstić information content (AvgIpc) is 3.39. The van der Waals surface area contributed by atoms with Crippen molar-refractivity contribution in [1.29, 1.82) is 0 Å². The minimum absolute atomic E-state index is 0.691. The molecule has 0 spiro atoms. The van der Waals surface area contributed by atoms with E-state index in [-0.39, 0.29) is 0 Å². The van der Waals surface area contributed by atoms with Crippen LogP contribution in [0.4, 0.5) is 13.2 Å². The van der Waals surface area contributed by atoms with E-state index in [2.05, 4.69) is 28.7 Å². The fraction of sp³-hybridized carbons (Fsp3) is 0.706. The zero-order valence-electron chi connectivity index (χ0n) is 14.5. The Labute approximate surface area is 145 Å². The number of alkyl halides is 3. The zero-order valence-corrected chi connectivity index (χ0v) is 14.5. The normalized spacial score (nSPS) is 19.2. The molecular weight excluding hydrogens is 335 g/mol. The summed E-state index contributed by atoms with van der Waals surface area (Å²) in [5, 5.41) is 7.12. The summed E-state index contributed by atoms with van der Waals surface area (Å²) in [5.74, 6) is -2.01. The number of halogens is 3. The Morgan fingerprint density at radius 2 is 1.92 bits per heavy atom. The van der Waals surface area contributed by atoms with Gasteiger partial charge in [-0.1, -0.05) is 6.92 Å². The van der Waals surface area contributed by atoms with Crippen LogP contribution in [0.5, 0.6) is 0 Å². The lowest BCUT2D eigenvalue weighted by atomic mass is 10.0. The molecule has 1 saturated carbocycles. The summed E-state index contributed by atoms with van der Waals surface area (Å²) < 4.78 is 31.7. The molecule has 1 aliphatic heterocycles. The van der Waals surface area contributed by atoms with Gasteiger partial charge < -0.3 is 5.11 Å². The Hall–Kier alpha value is -1.70. The Morgan fingerprint density at radius 3 is 2.44 bits per heavy atom. The molecule has 0 saturated heterocycles. The number of carboxylic acid groups (broad SMARTS) is 1. The molecule has 1 N–H and O–H groups in total. The van der Waals surface area contributed by atoms with Gasteiger partial charge in [-0.3, -0.25) is 4.90 Å². The molecule has 0 radical (unpaired) electrons. The van der Waals surface area contributed by atoms with Crippen LogP contribution in [0.3, 0.4) is 0 Å². The van der Waals surface area contributed by atoms with Crippen LogP contribution in [-0.2, 0) is 17.6 Å². The molecule has 1 aliphatic carbocycles. The summed E-state index contributed by atoms with van der Waals surface area (Å²) in [6.07, 6.45) is 2.84. The van der Waals surface area contributed by atoms with Crippen LogP contribution in [0.2, 0.25) is 0 Å². The second-order valence-electron chi connectivity index (χ2n) is 6.55. The van der Waals surface area contributed by atoms with Gasteiger partial charge in [0.05, 0.1) is 5.69 Å². The number of aliphatic carboxylic acids is 1. The molecule has 5 nitrogen and oxygen atoms in total. The Balaban J connectivity index is 0.000000277. The first kappa shape index (κ1) is 19.6. The van der Waals surface area contributed by atoms with Gasteiger partial charge in [-0.15, -0.1) is 0 Å². The van der Waals surface area contributed by atoms with Crippen molar-refractivity contribution >= 4 is 5.97 Å².